The zero-order valence-electron chi connectivity index (χ0n) is 44.3. The number of hydrogen-bond acceptors (Lipinski definition) is 6. The average molecular weight is 946 g/mol. The molecule has 6 heteroatoms. The summed E-state index contributed by atoms with van der Waals surface area (Å²) in [4.78, 5) is 38.0. The van der Waals surface area contributed by atoms with Gasteiger partial charge in [-0.25, -0.2) is 0 Å². The Morgan fingerprint density at radius 2 is 0.603 bits per heavy atom. The SMILES string of the molecule is CC/C=C\C/C=C\C/C=C\C/C=C\C/C=C\C/C=C\CCCCCCCCCCC(=O)OCC(COC(=O)CCCCCCC/C=C\CCC)OC(=O)CCCCCCC/C=C\CCCCCC. The van der Waals surface area contributed by atoms with Crippen molar-refractivity contribution in [3.8, 4) is 0 Å². The Labute approximate surface area is 419 Å². The zero-order chi connectivity index (χ0) is 49.3. The summed E-state index contributed by atoms with van der Waals surface area (Å²) in [5.41, 5.74) is 0. The molecule has 0 radical (unpaired) electrons. The maximum absolute atomic E-state index is 12.8. The maximum atomic E-state index is 12.8. The van der Waals surface area contributed by atoms with Crippen LogP contribution in [0.1, 0.15) is 258 Å². The van der Waals surface area contributed by atoms with E-state index in [2.05, 4.69) is 118 Å². The quantitative estimate of drug-likeness (QED) is 0.0262. The summed E-state index contributed by atoms with van der Waals surface area (Å²) in [6.07, 6.45) is 74.0. The van der Waals surface area contributed by atoms with E-state index in [0.717, 1.165) is 128 Å². The monoisotopic (exact) mass is 945 g/mol. The standard InChI is InChI=1S/C62H104O6/c1-4-7-10-13-16-19-22-24-25-26-27-28-29-30-31-32-33-34-35-36-37-39-40-43-46-49-52-55-61(64)67-58-59(57-66-60(63)54-51-48-45-42-21-18-15-12-9-6-3)68-62(65)56-53-50-47-44-41-38-23-20-17-14-11-8-5-2/h7,10,12,15-16,19-20,23-25,27-28,30-31,33-34,59H,4-6,8-9,11,13-14,17-18,21-22,26,29,32,35-58H2,1-3H3/b10-7-,15-12-,19-16-,23-20-,25-24-,28-27-,31-30-,34-33-. The van der Waals surface area contributed by atoms with Crippen LogP contribution in [0.3, 0.4) is 0 Å². The molecule has 388 valence electrons. The van der Waals surface area contributed by atoms with Gasteiger partial charge in [0.1, 0.15) is 13.2 Å². The van der Waals surface area contributed by atoms with Crippen LogP contribution in [0.4, 0.5) is 0 Å². The lowest BCUT2D eigenvalue weighted by Crippen LogP contribution is -2.30. The van der Waals surface area contributed by atoms with Crippen LogP contribution in [0.2, 0.25) is 0 Å². The Balaban J connectivity index is 4.26. The molecule has 0 fully saturated rings. The van der Waals surface area contributed by atoms with Crippen LogP contribution in [0.5, 0.6) is 0 Å². The minimum Gasteiger partial charge on any atom is -0.462 e. The molecule has 68 heavy (non-hydrogen) atoms. The van der Waals surface area contributed by atoms with Gasteiger partial charge < -0.3 is 14.2 Å². The highest BCUT2D eigenvalue weighted by Gasteiger charge is 2.19. The molecule has 0 amide bonds. The molecule has 0 heterocycles. The summed E-state index contributed by atoms with van der Waals surface area (Å²) in [5.74, 6) is -0.915. The third-order valence-corrected chi connectivity index (χ3v) is 11.8. The highest BCUT2D eigenvalue weighted by Crippen LogP contribution is 2.14. The second kappa shape index (κ2) is 55.9. The summed E-state index contributed by atoms with van der Waals surface area (Å²) in [7, 11) is 0. The Bertz CT molecular complexity index is 1360. The van der Waals surface area contributed by atoms with E-state index in [9.17, 15) is 14.4 Å². The average Bonchev–Trinajstić information content (AvgIpc) is 3.34. The van der Waals surface area contributed by atoms with Gasteiger partial charge in [-0.3, -0.25) is 14.4 Å². The van der Waals surface area contributed by atoms with Crippen molar-refractivity contribution in [3.05, 3.63) is 97.2 Å². The van der Waals surface area contributed by atoms with Gasteiger partial charge in [0.15, 0.2) is 6.10 Å². The van der Waals surface area contributed by atoms with Crippen molar-refractivity contribution in [2.75, 3.05) is 13.2 Å². The van der Waals surface area contributed by atoms with Gasteiger partial charge in [0, 0.05) is 19.3 Å². The molecule has 1 atom stereocenters. The number of unbranched alkanes of at least 4 members (excludes halogenated alkanes) is 23. The van der Waals surface area contributed by atoms with Gasteiger partial charge in [-0.05, 0) is 116 Å². The summed E-state index contributed by atoms with van der Waals surface area (Å²) in [6.45, 7) is 6.42. The van der Waals surface area contributed by atoms with Crippen molar-refractivity contribution in [3.63, 3.8) is 0 Å². The highest BCUT2D eigenvalue weighted by molar-refractivity contribution is 5.71. The molecule has 6 nitrogen and oxygen atoms in total. The smallest absolute Gasteiger partial charge is 0.306 e. The van der Waals surface area contributed by atoms with Gasteiger partial charge in [-0.2, -0.15) is 0 Å². The number of hydrogen-bond donors (Lipinski definition) is 0. The van der Waals surface area contributed by atoms with Crippen molar-refractivity contribution in [2.45, 2.75) is 264 Å². The summed E-state index contributed by atoms with van der Waals surface area (Å²) < 4.78 is 16.8. The van der Waals surface area contributed by atoms with Gasteiger partial charge in [0.25, 0.3) is 0 Å². The predicted octanol–water partition coefficient (Wildman–Crippen LogP) is 18.9. The molecule has 0 aliphatic heterocycles. The maximum Gasteiger partial charge on any atom is 0.306 e. The van der Waals surface area contributed by atoms with E-state index >= 15 is 0 Å². The number of carbonyl (C=O) groups is 3. The number of esters is 3. The fraction of sp³-hybridized carbons (Fsp3) is 0.694. The highest BCUT2D eigenvalue weighted by atomic mass is 16.6. The summed E-state index contributed by atoms with van der Waals surface area (Å²) in [5, 5.41) is 0. The summed E-state index contributed by atoms with van der Waals surface area (Å²) in [6, 6.07) is 0. The normalized spacial score (nSPS) is 12.8. The first-order chi connectivity index (χ1) is 33.5. The fourth-order valence-corrected chi connectivity index (χ4v) is 7.56. The van der Waals surface area contributed by atoms with E-state index in [1.54, 1.807) is 0 Å². The molecule has 0 rings (SSSR count). The molecule has 0 aliphatic carbocycles. The van der Waals surface area contributed by atoms with E-state index in [4.69, 9.17) is 14.2 Å². The molecular formula is C62H104O6. The van der Waals surface area contributed by atoms with Crippen molar-refractivity contribution in [1.82, 2.24) is 0 Å². The Morgan fingerprint density at radius 3 is 0.971 bits per heavy atom. The molecule has 1 unspecified atom stereocenters. The van der Waals surface area contributed by atoms with E-state index in [-0.39, 0.29) is 31.1 Å². The van der Waals surface area contributed by atoms with E-state index in [0.29, 0.717) is 19.3 Å². The number of allylic oxidation sites excluding steroid dienone is 16. The van der Waals surface area contributed by atoms with Gasteiger partial charge in [-0.1, -0.05) is 221 Å². The molecule has 0 aromatic carbocycles. The first-order valence-electron chi connectivity index (χ1n) is 28.2. The second-order valence-corrected chi connectivity index (χ2v) is 18.5. The molecule has 0 aromatic heterocycles. The Kier molecular flexibility index (Phi) is 52.9. The largest absolute Gasteiger partial charge is 0.462 e. The number of rotatable bonds is 50. The van der Waals surface area contributed by atoms with Crippen molar-refractivity contribution >= 4 is 17.9 Å². The van der Waals surface area contributed by atoms with Gasteiger partial charge in [0.05, 0.1) is 0 Å². The van der Waals surface area contributed by atoms with Crippen LogP contribution in [-0.4, -0.2) is 37.2 Å². The van der Waals surface area contributed by atoms with Crippen molar-refractivity contribution in [1.29, 1.82) is 0 Å². The van der Waals surface area contributed by atoms with Crippen LogP contribution in [0.25, 0.3) is 0 Å². The van der Waals surface area contributed by atoms with Crippen LogP contribution in [-0.2, 0) is 28.6 Å². The molecule has 0 bridgehead atoms. The lowest BCUT2D eigenvalue weighted by atomic mass is 10.1. The molecule has 0 spiro atoms. The summed E-state index contributed by atoms with van der Waals surface area (Å²) >= 11 is 0. The fourth-order valence-electron chi connectivity index (χ4n) is 7.56. The van der Waals surface area contributed by atoms with Crippen molar-refractivity contribution < 1.29 is 28.6 Å². The number of carbonyl (C=O) groups excluding carboxylic acids is 3. The van der Waals surface area contributed by atoms with Gasteiger partial charge in [-0.15, -0.1) is 0 Å². The molecular weight excluding hydrogens is 841 g/mol. The third kappa shape index (κ3) is 53.3. The van der Waals surface area contributed by atoms with Crippen LogP contribution < -0.4 is 0 Å². The van der Waals surface area contributed by atoms with E-state index in [1.807, 2.05) is 0 Å². The van der Waals surface area contributed by atoms with E-state index < -0.39 is 6.10 Å². The molecule has 0 N–H and O–H groups in total. The minimum absolute atomic E-state index is 0.0878. The lowest BCUT2D eigenvalue weighted by molar-refractivity contribution is -0.167. The Hall–Kier alpha value is -3.67. The predicted molar refractivity (Wildman–Crippen MR) is 293 cm³/mol. The first-order valence-corrected chi connectivity index (χ1v) is 28.2. The molecule has 0 aromatic rings. The zero-order valence-corrected chi connectivity index (χ0v) is 44.3. The van der Waals surface area contributed by atoms with E-state index in [1.165, 1.54) is 89.9 Å². The topological polar surface area (TPSA) is 78.9 Å². The van der Waals surface area contributed by atoms with Crippen LogP contribution in [0.15, 0.2) is 97.2 Å². The lowest BCUT2D eigenvalue weighted by Gasteiger charge is -2.18. The minimum atomic E-state index is -0.788. The Morgan fingerprint density at radius 1 is 0.309 bits per heavy atom. The molecule has 0 saturated carbocycles. The second-order valence-electron chi connectivity index (χ2n) is 18.5. The number of ether oxygens (including phenoxy) is 3. The van der Waals surface area contributed by atoms with Crippen molar-refractivity contribution in [2.24, 2.45) is 0 Å². The van der Waals surface area contributed by atoms with Gasteiger partial charge in [0.2, 0.25) is 0 Å². The molecule has 0 aliphatic rings. The first kappa shape index (κ1) is 64.3. The van der Waals surface area contributed by atoms with Gasteiger partial charge >= 0.3 is 17.9 Å². The van der Waals surface area contributed by atoms with Crippen LogP contribution >= 0.6 is 0 Å². The third-order valence-electron chi connectivity index (χ3n) is 11.8. The van der Waals surface area contributed by atoms with Crippen LogP contribution in [0, 0.1) is 0 Å². The molecule has 0 saturated heterocycles.